The maximum Gasteiger partial charge on any atom is 0.417 e. The molecule has 4 rings (SSSR count). The van der Waals surface area contributed by atoms with Crippen LogP contribution in [0.15, 0.2) is 95.9 Å². The van der Waals surface area contributed by atoms with Crippen molar-refractivity contribution in [1.82, 2.24) is 5.32 Å². The maximum atomic E-state index is 13.7. The summed E-state index contributed by atoms with van der Waals surface area (Å²) in [6.45, 7) is -0.677. The fourth-order valence-electron chi connectivity index (χ4n) is 4.48. The minimum atomic E-state index is -4.89. The molecular formula is C32H29ClF3N3O6S. The van der Waals surface area contributed by atoms with E-state index in [1.54, 1.807) is 30.3 Å². The Balaban J connectivity index is 1.55. The number of nitrogens with zero attached hydrogens (tertiary/aromatic N) is 1. The summed E-state index contributed by atoms with van der Waals surface area (Å²) in [6, 6.07) is 20.9. The molecule has 0 aromatic heterocycles. The average molecular weight is 676 g/mol. The van der Waals surface area contributed by atoms with Crippen LogP contribution < -0.4 is 24.4 Å². The van der Waals surface area contributed by atoms with Gasteiger partial charge in [0.25, 0.3) is 15.9 Å². The predicted molar refractivity (Wildman–Crippen MR) is 168 cm³/mol. The van der Waals surface area contributed by atoms with Crippen LogP contribution in [0.1, 0.15) is 21.5 Å². The Morgan fingerprint density at radius 2 is 1.54 bits per heavy atom. The number of amides is 2. The topological polar surface area (TPSA) is 114 Å². The van der Waals surface area contributed by atoms with Crippen LogP contribution in [0, 0.1) is 0 Å². The van der Waals surface area contributed by atoms with Gasteiger partial charge in [-0.15, -0.1) is 0 Å². The summed E-state index contributed by atoms with van der Waals surface area (Å²) in [5.41, 5.74) is -0.672. The Morgan fingerprint density at radius 1 is 0.870 bits per heavy atom. The van der Waals surface area contributed by atoms with Crippen molar-refractivity contribution in [3.8, 4) is 11.5 Å². The lowest BCUT2D eigenvalue weighted by Gasteiger charge is -2.25. The highest BCUT2D eigenvalue weighted by molar-refractivity contribution is 7.92. The van der Waals surface area contributed by atoms with Crippen LogP contribution in [0.3, 0.4) is 0 Å². The number of para-hydroxylation sites is 1. The van der Waals surface area contributed by atoms with Crippen molar-refractivity contribution in [2.75, 3.05) is 36.9 Å². The second-order valence-corrected chi connectivity index (χ2v) is 12.0. The molecule has 4 aromatic carbocycles. The van der Waals surface area contributed by atoms with Crippen molar-refractivity contribution < 1.29 is 40.7 Å². The normalized spacial score (nSPS) is 11.4. The van der Waals surface area contributed by atoms with Gasteiger partial charge in [-0.1, -0.05) is 48.0 Å². The van der Waals surface area contributed by atoms with Crippen molar-refractivity contribution in [1.29, 1.82) is 0 Å². The minimum absolute atomic E-state index is 0.0697. The minimum Gasteiger partial charge on any atom is -0.493 e. The lowest BCUT2D eigenvalue weighted by Crippen LogP contribution is -2.38. The van der Waals surface area contributed by atoms with Crippen molar-refractivity contribution >= 4 is 44.8 Å². The Bertz CT molecular complexity index is 1820. The first-order chi connectivity index (χ1) is 21.8. The molecule has 0 aliphatic carbocycles. The van der Waals surface area contributed by atoms with Crippen molar-refractivity contribution in [3.05, 3.63) is 113 Å². The molecule has 0 bridgehead atoms. The summed E-state index contributed by atoms with van der Waals surface area (Å²) in [4.78, 5) is 26.1. The van der Waals surface area contributed by atoms with Crippen LogP contribution in [-0.4, -0.2) is 47.5 Å². The first-order valence-corrected chi connectivity index (χ1v) is 15.5. The van der Waals surface area contributed by atoms with Gasteiger partial charge in [0.15, 0.2) is 11.5 Å². The Hall–Kier alpha value is -4.75. The second-order valence-electron chi connectivity index (χ2n) is 9.78. The van der Waals surface area contributed by atoms with E-state index < -0.39 is 50.8 Å². The molecule has 0 spiro atoms. The summed E-state index contributed by atoms with van der Waals surface area (Å²) in [7, 11) is -1.49. The van der Waals surface area contributed by atoms with Crippen LogP contribution in [-0.2, 0) is 27.4 Å². The molecule has 0 radical (unpaired) electrons. The number of halogens is 4. The third kappa shape index (κ3) is 8.09. The highest BCUT2D eigenvalue weighted by atomic mass is 35.5. The first kappa shape index (κ1) is 34.1. The molecule has 9 nitrogen and oxygen atoms in total. The van der Waals surface area contributed by atoms with Gasteiger partial charge in [-0.3, -0.25) is 13.9 Å². The molecule has 0 fully saturated rings. The van der Waals surface area contributed by atoms with Crippen molar-refractivity contribution in [2.45, 2.75) is 17.5 Å². The number of carbonyl (C=O) groups excluding carboxylic acids is 2. The summed E-state index contributed by atoms with van der Waals surface area (Å²) in [5.74, 6) is -0.325. The number of carbonyl (C=O) groups is 2. The van der Waals surface area contributed by atoms with Gasteiger partial charge in [-0.2, -0.15) is 13.2 Å². The maximum absolute atomic E-state index is 13.7. The van der Waals surface area contributed by atoms with Gasteiger partial charge >= 0.3 is 6.18 Å². The predicted octanol–water partition coefficient (Wildman–Crippen LogP) is 6.18. The molecule has 2 N–H and O–H groups in total. The van der Waals surface area contributed by atoms with E-state index in [-0.39, 0.29) is 22.7 Å². The fourth-order valence-corrected chi connectivity index (χ4v) is 6.14. The van der Waals surface area contributed by atoms with Crippen LogP contribution in [0.4, 0.5) is 24.5 Å². The molecule has 0 aliphatic rings. The van der Waals surface area contributed by atoms with Gasteiger partial charge in [0.05, 0.1) is 46.6 Å². The molecule has 0 aliphatic heterocycles. The van der Waals surface area contributed by atoms with Crippen LogP contribution in [0.5, 0.6) is 11.5 Å². The third-order valence-corrected chi connectivity index (χ3v) is 8.87. The largest absolute Gasteiger partial charge is 0.493 e. The number of methoxy groups -OCH3 is 2. The van der Waals surface area contributed by atoms with E-state index in [1.807, 2.05) is 6.07 Å². The monoisotopic (exact) mass is 675 g/mol. The highest BCUT2D eigenvalue weighted by Gasteiger charge is 2.35. The van der Waals surface area contributed by atoms with Crippen molar-refractivity contribution in [2.24, 2.45) is 0 Å². The second kappa shape index (κ2) is 14.6. The van der Waals surface area contributed by atoms with E-state index in [0.717, 1.165) is 17.7 Å². The molecule has 0 saturated carbocycles. The van der Waals surface area contributed by atoms with Gasteiger partial charge in [-0.25, -0.2) is 8.42 Å². The standard InChI is InChI=1S/C32H29ClF3N3O6S/c1-44-28-15-12-21(18-29(28)45-2)16-17-37-31(41)24-10-6-7-11-27(24)38-30(40)20-39(46(42,43)23-8-4-3-5-9-23)22-13-14-26(33)25(19-22)32(34,35)36/h3-15,18-19H,16-17,20H2,1-2H3,(H,37,41)(H,38,40). The van der Waals surface area contributed by atoms with E-state index in [9.17, 15) is 31.2 Å². The number of hydrogen-bond donors (Lipinski definition) is 2. The summed E-state index contributed by atoms with van der Waals surface area (Å²) >= 11 is 5.76. The van der Waals surface area contributed by atoms with Crippen LogP contribution in [0.2, 0.25) is 5.02 Å². The fraction of sp³-hybridized carbons (Fsp3) is 0.188. The zero-order chi connectivity index (χ0) is 33.5. The smallest absolute Gasteiger partial charge is 0.417 e. The quantitative estimate of drug-likeness (QED) is 0.185. The zero-order valence-corrected chi connectivity index (χ0v) is 26.2. The van der Waals surface area contributed by atoms with E-state index in [4.69, 9.17) is 21.1 Å². The Kier molecular flexibility index (Phi) is 10.8. The molecule has 0 atom stereocenters. The Labute approximate surface area is 268 Å². The zero-order valence-electron chi connectivity index (χ0n) is 24.6. The SMILES string of the molecule is COc1ccc(CCNC(=O)c2ccccc2NC(=O)CN(c2ccc(Cl)c(C(F)(F)F)c2)S(=O)(=O)c2ccccc2)cc1OC. The van der Waals surface area contributed by atoms with Crippen LogP contribution >= 0.6 is 11.6 Å². The average Bonchev–Trinajstić information content (AvgIpc) is 3.04. The molecule has 4 aromatic rings. The number of hydrogen-bond acceptors (Lipinski definition) is 6. The first-order valence-electron chi connectivity index (χ1n) is 13.7. The number of ether oxygens (including phenoxy) is 2. The highest BCUT2D eigenvalue weighted by Crippen LogP contribution is 2.38. The lowest BCUT2D eigenvalue weighted by molar-refractivity contribution is -0.137. The van der Waals surface area contributed by atoms with Gasteiger partial charge < -0.3 is 20.1 Å². The molecule has 2 amide bonds. The lowest BCUT2D eigenvalue weighted by atomic mass is 10.1. The van der Waals surface area contributed by atoms with Gasteiger partial charge in [0, 0.05) is 6.54 Å². The number of alkyl halides is 3. The van der Waals surface area contributed by atoms with Gasteiger partial charge in [0.2, 0.25) is 5.91 Å². The Morgan fingerprint density at radius 3 is 2.22 bits per heavy atom. The molecule has 0 heterocycles. The van der Waals surface area contributed by atoms with E-state index in [2.05, 4.69) is 10.6 Å². The summed E-state index contributed by atoms with van der Waals surface area (Å²) in [5, 5.41) is 4.66. The van der Waals surface area contributed by atoms with Gasteiger partial charge in [0.1, 0.15) is 6.54 Å². The molecule has 0 saturated heterocycles. The molecule has 46 heavy (non-hydrogen) atoms. The number of rotatable bonds is 12. The molecule has 242 valence electrons. The van der Waals surface area contributed by atoms with Crippen LogP contribution in [0.25, 0.3) is 0 Å². The van der Waals surface area contributed by atoms with E-state index in [1.165, 1.54) is 50.6 Å². The van der Waals surface area contributed by atoms with E-state index in [0.29, 0.717) is 28.3 Å². The third-order valence-electron chi connectivity index (χ3n) is 6.75. The molecule has 0 unspecified atom stereocenters. The molecule has 14 heteroatoms. The van der Waals surface area contributed by atoms with Crippen molar-refractivity contribution in [3.63, 3.8) is 0 Å². The number of sulfonamides is 1. The number of nitrogens with one attached hydrogen (secondary N) is 2. The summed E-state index contributed by atoms with van der Waals surface area (Å²) in [6.07, 6.45) is -4.43. The summed E-state index contributed by atoms with van der Waals surface area (Å²) < 4.78 is 79.3. The number of anilines is 2. The molecular weight excluding hydrogens is 647 g/mol. The van der Waals surface area contributed by atoms with E-state index >= 15 is 0 Å². The van der Waals surface area contributed by atoms with Gasteiger partial charge in [-0.05, 0) is 66.6 Å². The number of benzene rings is 4.